The molecule has 5 heterocycles. The third-order valence-corrected chi connectivity index (χ3v) is 7.52. The second-order valence-electron chi connectivity index (χ2n) is 8.85. The normalized spacial score (nSPS) is 18.1. The third-order valence-electron chi connectivity index (χ3n) is 6.51. The number of fused-ring (bicyclic) bond motifs is 1. The van der Waals surface area contributed by atoms with Gasteiger partial charge in [-0.3, -0.25) is 9.48 Å². The van der Waals surface area contributed by atoms with Crippen molar-refractivity contribution in [3.8, 4) is 17.3 Å². The average molecular weight is 525 g/mol. The van der Waals surface area contributed by atoms with Crippen LogP contribution in [0.1, 0.15) is 52.8 Å². The molecule has 0 saturated heterocycles. The van der Waals surface area contributed by atoms with Crippen LogP contribution in [0.5, 0.6) is 0 Å². The summed E-state index contributed by atoms with van der Waals surface area (Å²) in [4.78, 5) is 27.3. The van der Waals surface area contributed by atoms with Crippen LogP contribution in [-0.4, -0.2) is 56.2 Å². The maximum atomic E-state index is 12.9. The number of nitrogens with zero attached hydrogens (tertiary/aromatic N) is 9. The Morgan fingerprint density at radius 2 is 1.97 bits per heavy atom. The molecule has 0 spiro atoms. The standard InChI is InChI=1S/C23H22F2N10OS/c1-33-16(5-6-28-33)21-32-15-11-26-19(35-29-7-8-30-35)10-17(15)34(21)14-4-2-3-13(9-14)31-22(36)23-27-12-18(37-23)20(24)25/h5-8,10-14,20H,2-4,9H2,1H3,(H,31,36)/t13-,14+/m0/s1. The van der Waals surface area contributed by atoms with Crippen molar-refractivity contribution >= 4 is 28.3 Å². The minimum absolute atomic E-state index is 0.0164. The van der Waals surface area contributed by atoms with Crippen LogP contribution in [0.25, 0.3) is 28.4 Å². The highest BCUT2D eigenvalue weighted by Gasteiger charge is 2.30. The van der Waals surface area contributed by atoms with Crippen LogP contribution in [0, 0.1) is 0 Å². The van der Waals surface area contributed by atoms with Gasteiger partial charge in [-0.2, -0.15) is 15.3 Å². The van der Waals surface area contributed by atoms with Gasteiger partial charge >= 0.3 is 0 Å². The molecule has 1 amide bonds. The zero-order valence-electron chi connectivity index (χ0n) is 19.7. The minimum Gasteiger partial charge on any atom is -0.347 e. The van der Waals surface area contributed by atoms with E-state index in [1.807, 2.05) is 19.2 Å². The van der Waals surface area contributed by atoms with Crippen LogP contribution in [-0.2, 0) is 7.05 Å². The fourth-order valence-corrected chi connectivity index (χ4v) is 5.52. The van der Waals surface area contributed by atoms with Gasteiger partial charge in [-0.1, -0.05) is 0 Å². The molecule has 1 fully saturated rings. The molecule has 14 heteroatoms. The van der Waals surface area contributed by atoms with E-state index in [4.69, 9.17) is 4.98 Å². The van der Waals surface area contributed by atoms with Crippen molar-refractivity contribution in [3.63, 3.8) is 0 Å². The molecule has 6 rings (SSSR count). The van der Waals surface area contributed by atoms with E-state index in [9.17, 15) is 13.6 Å². The van der Waals surface area contributed by atoms with Gasteiger partial charge in [0.05, 0.1) is 29.0 Å². The predicted molar refractivity (Wildman–Crippen MR) is 130 cm³/mol. The zero-order chi connectivity index (χ0) is 25.5. The number of pyridine rings is 1. The van der Waals surface area contributed by atoms with Gasteiger partial charge in [-0.25, -0.2) is 23.7 Å². The summed E-state index contributed by atoms with van der Waals surface area (Å²) in [6.07, 6.45) is 8.21. The molecule has 1 aliphatic carbocycles. The molecule has 37 heavy (non-hydrogen) atoms. The molecule has 0 bridgehead atoms. The van der Waals surface area contributed by atoms with Crippen molar-refractivity contribution in [1.82, 2.24) is 49.6 Å². The van der Waals surface area contributed by atoms with Crippen molar-refractivity contribution in [2.45, 2.75) is 44.2 Å². The molecule has 11 nitrogen and oxygen atoms in total. The van der Waals surface area contributed by atoms with E-state index in [0.717, 1.165) is 59.3 Å². The molecule has 1 aliphatic rings. The van der Waals surface area contributed by atoms with Crippen LogP contribution >= 0.6 is 11.3 Å². The molecule has 1 saturated carbocycles. The number of alkyl halides is 2. The van der Waals surface area contributed by atoms with Crippen LogP contribution in [0.3, 0.4) is 0 Å². The number of halogens is 2. The third kappa shape index (κ3) is 4.37. The number of hydrogen-bond acceptors (Lipinski definition) is 8. The topological polar surface area (TPSA) is 121 Å². The van der Waals surface area contributed by atoms with Crippen molar-refractivity contribution in [1.29, 1.82) is 0 Å². The SMILES string of the molecule is Cn1nccc1-c1nc2cnc(-n3nccn3)cc2n1[C@@H]1CCC[C@H](NC(=O)c2ncc(C(F)F)s2)C1. The van der Waals surface area contributed by atoms with Gasteiger partial charge in [0, 0.05) is 37.6 Å². The van der Waals surface area contributed by atoms with Crippen LogP contribution in [0.2, 0.25) is 0 Å². The molecule has 0 aromatic carbocycles. The molecule has 5 aromatic heterocycles. The van der Waals surface area contributed by atoms with Gasteiger partial charge in [-0.05, 0) is 31.7 Å². The molecule has 190 valence electrons. The number of rotatable bonds is 6. The van der Waals surface area contributed by atoms with Crippen molar-refractivity contribution in [3.05, 3.63) is 53.0 Å². The molecule has 2 atom stereocenters. The van der Waals surface area contributed by atoms with Gasteiger partial charge in [-0.15, -0.1) is 16.1 Å². The summed E-state index contributed by atoms with van der Waals surface area (Å²) in [5.74, 6) is 0.886. The monoisotopic (exact) mass is 524 g/mol. The number of aromatic nitrogens is 9. The Labute approximate surface area is 213 Å². The maximum absolute atomic E-state index is 12.9. The van der Waals surface area contributed by atoms with E-state index >= 15 is 0 Å². The number of amides is 1. The molecule has 0 unspecified atom stereocenters. The summed E-state index contributed by atoms with van der Waals surface area (Å²) in [5.41, 5.74) is 2.45. The number of nitrogens with one attached hydrogen (secondary N) is 1. The summed E-state index contributed by atoms with van der Waals surface area (Å²) in [5, 5.41) is 15.7. The number of thiazole rings is 1. The summed E-state index contributed by atoms with van der Waals surface area (Å²) < 4.78 is 29.8. The Hall–Kier alpha value is -4.07. The largest absolute Gasteiger partial charge is 0.347 e. The predicted octanol–water partition coefficient (Wildman–Crippen LogP) is 3.72. The highest BCUT2D eigenvalue weighted by molar-refractivity contribution is 7.13. The lowest BCUT2D eigenvalue weighted by Gasteiger charge is -2.31. The van der Waals surface area contributed by atoms with Crippen molar-refractivity contribution in [2.24, 2.45) is 7.05 Å². The first kappa shape index (κ1) is 23.3. The second kappa shape index (κ2) is 9.42. The summed E-state index contributed by atoms with van der Waals surface area (Å²) >= 11 is 0.721. The number of hydrogen-bond donors (Lipinski definition) is 1. The van der Waals surface area contributed by atoms with Crippen molar-refractivity contribution in [2.75, 3.05) is 0 Å². The lowest BCUT2D eigenvalue weighted by atomic mass is 9.90. The number of carbonyl (C=O) groups excluding carboxylic acids is 1. The van der Waals surface area contributed by atoms with E-state index in [2.05, 4.69) is 35.1 Å². The zero-order valence-corrected chi connectivity index (χ0v) is 20.5. The summed E-state index contributed by atoms with van der Waals surface area (Å²) in [6.45, 7) is 0. The number of aryl methyl sites for hydroxylation is 1. The van der Waals surface area contributed by atoms with Crippen molar-refractivity contribution < 1.29 is 13.6 Å². The molecular weight excluding hydrogens is 502 g/mol. The Morgan fingerprint density at radius 1 is 1.14 bits per heavy atom. The lowest BCUT2D eigenvalue weighted by Crippen LogP contribution is -2.39. The average Bonchev–Trinajstić information content (AvgIpc) is 3.70. The van der Waals surface area contributed by atoms with Gasteiger partial charge in [0.15, 0.2) is 16.6 Å². The molecule has 1 N–H and O–H groups in total. The van der Waals surface area contributed by atoms with Gasteiger partial charge < -0.3 is 9.88 Å². The maximum Gasteiger partial charge on any atom is 0.280 e. The summed E-state index contributed by atoms with van der Waals surface area (Å²) in [6, 6.07) is 3.69. The molecule has 0 aliphatic heterocycles. The quantitative estimate of drug-likeness (QED) is 0.359. The molecule has 5 aromatic rings. The van der Waals surface area contributed by atoms with Gasteiger partial charge in [0.25, 0.3) is 12.3 Å². The summed E-state index contributed by atoms with van der Waals surface area (Å²) in [7, 11) is 1.86. The van der Waals surface area contributed by atoms with Crippen LogP contribution < -0.4 is 5.32 Å². The number of carbonyl (C=O) groups is 1. The first-order valence-electron chi connectivity index (χ1n) is 11.8. The Balaban J connectivity index is 1.34. The second-order valence-corrected chi connectivity index (χ2v) is 9.92. The lowest BCUT2D eigenvalue weighted by molar-refractivity contribution is 0.0920. The molecule has 0 radical (unpaired) electrons. The van der Waals surface area contributed by atoms with Gasteiger partial charge in [0.2, 0.25) is 0 Å². The van der Waals surface area contributed by atoms with E-state index in [-0.39, 0.29) is 22.0 Å². The molecular formula is C23H22F2N10OS. The Kier molecular flexibility index (Phi) is 5.94. The van der Waals surface area contributed by atoms with E-state index in [0.29, 0.717) is 12.2 Å². The van der Waals surface area contributed by atoms with Gasteiger partial charge in [0.1, 0.15) is 11.2 Å². The van der Waals surface area contributed by atoms with Crippen LogP contribution in [0.4, 0.5) is 8.78 Å². The Morgan fingerprint density at radius 3 is 2.70 bits per heavy atom. The first-order valence-corrected chi connectivity index (χ1v) is 12.6. The van der Waals surface area contributed by atoms with Crippen LogP contribution in [0.15, 0.2) is 43.1 Å². The minimum atomic E-state index is -2.64. The van der Waals surface area contributed by atoms with E-state index in [1.54, 1.807) is 29.5 Å². The number of imidazole rings is 1. The fraction of sp³-hybridized carbons (Fsp3) is 0.348. The highest BCUT2D eigenvalue weighted by atomic mass is 32.1. The fourth-order valence-electron chi connectivity index (χ4n) is 4.84. The van der Waals surface area contributed by atoms with E-state index < -0.39 is 12.3 Å². The Bertz CT molecular complexity index is 1560. The smallest absolute Gasteiger partial charge is 0.280 e. The highest BCUT2D eigenvalue weighted by Crippen LogP contribution is 2.36. The van der Waals surface area contributed by atoms with E-state index in [1.165, 1.54) is 4.80 Å². The first-order chi connectivity index (χ1) is 18.0.